The van der Waals surface area contributed by atoms with Crippen LogP contribution in [0.25, 0.3) is 0 Å². The van der Waals surface area contributed by atoms with E-state index in [0.29, 0.717) is 0 Å². The summed E-state index contributed by atoms with van der Waals surface area (Å²) in [5.41, 5.74) is 4.36. The number of benzene rings is 2. The molecule has 0 unspecified atom stereocenters. The van der Waals surface area contributed by atoms with Crippen molar-refractivity contribution in [2.24, 2.45) is 10.2 Å². The molecule has 0 bridgehead atoms. The molecular weight excluding hydrogens is 524 g/mol. The molecule has 1 aliphatic rings. The van der Waals surface area contributed by atoms with Crippen LogP contribution in [0.4, 0.5) is 11.4 Å². The van der Waals surface area contributed by atoms with Crippen LogP contribution in [-0.2, 0) is 30.2 Å². The van der Waals surface area contributed by atoms with E-state index in [2.05, 4.69) is 67.9 Å². The van der Waals surface area contributed by atoms with Crippen molar-refractivity contribution >= 4 is 11.4 Å². The van der Waals surface area contributed by atoms with Gasteiger partial charge >= 0.3 is 17.1 Å². The largest absolute Gasteiger partial charge is 2.00 e. The van der Waals surface area contributed by atoms with Gasteiger partial charge in [0.25, 0.3) is 0 Å². The molecule has 3 aromatic carbocycles. The maximum atomic E-state index is 4.29. The zero-order valence-corrected chi connectivity index (χ0v) is 23.8. The van der Waals surface area contributed by atoms with Crippen LogP contribution in [0, 0.1) is 19.3 Å². The standard InChI is InChI=1S/C27H37N6.C5H5.Fe/c1-2-10-26(11-3-1)32-33-27-14-12-25(13-15-27)23-31-19-7-17-29-21-20-28-16-6-18-30-22-24-8-4-5-9-24;1-2-4-5-3-1;/h1-5,8-15,28-31H,6-7,16-23H2;1-5H;/q2*-1;+2. The molecule has 2 radical (unpaired) electrons. The number of azo groups is 1. The monoisotopic (exact) mass is 566 g/mol. The maximum absolute atomic E-state index is 4.29. The quantitative estimate of drug-likeness (QED) is 0.0719. The fourth-order valence-corrected chi connectivity index (χ4v) is 3.71. The van der Waals surface area contributed by atoms with Crippen molar-refractivity contribution in [2.75, 3.05) is 39.3 Å². The van der Waals surface area contributed by atoms with E-state index in [1.165, 1.54) is 11.1 Å². The van der Waals surface area contributed by atoms with Gasteiger partial charge in [-0.3, -0.25) is 0 Å². The first-order valence-electron chi connectivity index (χ1n) is 13.7. The molecule has 1 aliphatic carbocycles. The fourth-order valence-electron chi connectivity index (χ4n) is 3.71. The minimum Gasteiger partial charge on any atom is -0.325 e. The molecule has 6 nitrogen and oxygen atoms in total. The first-order chi connectivity index (χ1) is 18.9. The van der Waals surface area contributed by atoms with Crippen LogP contribution in [0.1, 0.15) is 24.0 Å². The summed E-state index contributed by atoms with van der Waals surface area (Å²) in [6, 6.07) is 26.5. The Hall–Kier alpha value is -2.64. The maximum Gasteiger partial charge on any atom is 2.00 e. The van der Waals surface area contributed by atoms with Crippen LogP contribution < -0.4 is 21.3 Å². The number of hydrogen-bond acceptors (Lipinski definition) is 6. The molecule has 0 amide bonds. The van der Waals surface area contributed by atoms with Crippen LogP contribution in [0.15, 0.2) is 101 Å². The Morgan fingerprint density at radius 3 is 1.77 bits per heavy atom. The predicted molar refractivity (Wildman–Crippen MR) is 160 cm³/mol. The first kappa shape index (κ1) is 32.6. The Morgan fingerprint density at radius 2 is 1.23 bits per heavy atom. The van der Waals surface area contributed by atoms with Crippen molar-refractivity contribution in [3.63, 3.8) is 0 Å². The van der Waals surface area contributed by atoms with Gasteiger partial charge in [0.15, 0.2) is 0 Å². The average molecular weight is 567 g/mol. The summed E-state index contributed by atoms with van der Waals surface area (Å²) < 4.78 is 0. The Balaban J connectivity index is 0.000000797. The molecule has 0 spiro atoms. The van der Waals surface area contributed by atoms with E-state index in [-0.39, 0.29) is 17.1 Å². The Kier molecular flexibility index (Phi) is 18.5. The third kappa shape index (κ3) is 16.2. The van der Waals surface area contributed by atoms with E-state index in [0.717, 1.165) is 76.6 Å². The van der Waals surface area contributed by atoms with Gasteiger partial charge in [0.1, 0.15) is 0 Å². The molecule has 0 fully saturated rings. The molecule has 0 heterocycles. The second-order valence-electron chi connectivity index (χ2n) is 9.02. The summed E-state index contributed by atoms with van der Waals surface area (Å²) in [5, 5.41) is 22.5. The molecule has 208 valence electrons. The second-order valence-corrected chi connectivity index (χ2v) is 9.02. The summed E-state index contributed by atoms with van der Waals surface area (Å²) in [7, 11) is 0. The zero-order valence-electron chi connectivity index (χ0n) is 22.7. The van der Waals surface area contributed by atoms with Gasteiger partial charge in [-0.25, -0.2) is 24.6 Å². The van der Waals surface area contributed by atoms with Crippen molar-refractivity contribution in [1.29, 1.82) is 0 Å². The number of nitrogens with one attached hydrogen (secondary N) is 4. The van der Waals surface area contributed by atoms with Crippen LogP contribution in [0.3, 0.4) is 0 Å². The third-order valence-electron chi connectivity index (χ3n) is 5.81. The van der Waals surface area contributed by atoms with E-state index in [9.17, 15) is 0 Å². The molecule has 0 saturated carbocycles. The number of rotatable bonds is 17. The minimum atomic E-state index is 0. The molecule has 7 heteroatoms. The van der Waals surface area contributed by atoms with E-state index in [1.807, 2.05) is 73.9 Å². The molecule has 0 aromatic heterocycles. The van der Waals surface area contributed by atoms with Crippen LogP contribution in [0.2, 0.25) is 0 Å². The van der Waals surface area contributed by atoms with E-state index in [1.54, 1.807) is 0 Å². The van der Waals surface area contributed by atoms with Crippen molar-refractivity contribution < 1.29 is 17.1 Å². The fraction of sp³-hybridized carbons (Fsp3) is 0.312. The van der Waals surface area contributed by atoms with Gasteiger partial charge in [-0.1, -0.05) is 30.3 Å². The molecule has 3 aromatic rings. The number of hydrogen-bond donors (Lipinski definition) is 4. The summed E-state index contributed by atoms with van der Waals surface area (Å²) >= 11 is 0. The van der Waals surface area contributed by atoms with Crippen LogP contribution >= 0.6 is 0 Å². The van der Waals surface area contributed by atoms with Gasteiger partial charge in [0.05, 0.1) is 11.4 Å². The average Bonchev–Trinajstić information content (AvgIpc) is 3.71. The van der Waals surface area contributed by atoms with Gasteiger partial charge in [-0.15, -0.1) is 12.8 Å². The second kappa shape index (κ2) is 22.2. The SMILES string of the molecule is [CH]1[CH][CH-]C=C1.[Fe+2].c1ccc(N=Nc2ccc(CNCCCNCCNCCCNCc3cc[cH-]c3)cc2)cc1. The summed E-state index contributed by atoms with van der Waals surface area (Å²) in [6.07, 6.45) is 12.3. The summed E-state index contributed by atoms with van der Waals surface area (Å²) in [6.45, 7) is 8.03. The van der Waals surface area contributed by atoms with Crippen molar-refractivity contribution in [2.45, 2.75) is 25.9 Å². The van der Waals surface area contributed by atoms with Gasteiger partial charge in [-0.2, -0.15) is 34.0 Å². The van der Waals surface area contributed by atoms with E-state index in [4.69, 9.17) is 0 Å². The topological polar surface area (TPSA) is 72.8 Å². The molecule has 39 heavy (non-hydrogen) atoms. The van der Waals surface area contributed by atoms with Crippen molar-refractivity contribution in [1.82, 2.24) is 21.3 Å². The summed E-state index contributed by atoms with van der Waals surface area (Å²) in [5.74, 6) is 0. The molecule has 0 aliphatic heterocycles. The van der Waals surface area contributed by atoms with E-state index >= 15 is 0 Å². The summed E-state index contributed by atoms with van der Waals surface area (Å²) in [4.78, 5) is 0. The molecule has 0 saturated heterocycles. The van der Waals surface area contributed by atoms with Crippen molar-refractivity contribution in [3.05, 3.63) is 121 Å². The van der Waals surface area contributed by atoms with Crippen molar-refractivity contribution in [3.8, 4) is 0 Å². The smallest absolute Gasteiger partial charge is 0.325 e. The zero-order chi connectivity index (χ0) is 26.4. The normalized spacial score (nSPS) is 12.1. The van der Waals surface area contributed by atoms with Crippen LogP contribution in [-0.4, -0.2) is 39.3 Å². The minimum absolute atomic E-state index is 0. The molecular formula is C32H42FeN6. The first-order valence-corrected chi connectivity index (χ1v) is 13.7. The van der Waals surface area contributed by atoms with Gasteiger partial charge < -0.3 is 21.3 Å². The number of allylic oxidation sites excluding steroid dienone is 2. The molecule has 4 rings (SSSR count). The van der Waals surface area contributed by atoms with Gasteiger partial charge in [0, 0.05) is 19.6 Å². The Bertz CT molecular complexity index is 997. The Morgan fingerprint density at radius 1 is 0.615 bits per heavy atom. The predicted octanol–water partition coefficient (Wildman–Crippen LogP) is 5.83. The molecule has 0 atom stereocenters. The van der Waals surface area contributed by atoms with Crippen LogP contribution in [0.5, 0.6) is 0 Å². The van der Waals surface area contributed by atoms with E-state index < -0.39 is 0 Å². The Labute approximate surface area is 246 Å². The number of nitrogens with zero attached hydrogens (tertiary/aromatic N) is 2. The third-order valence-corrected chi connectivity index (χ3v) is 5.81. The van der Waals surface area contributed by atoms with Gasteiger partial charge in [-0.05, 0) is 75.4 Å². The molecule has 4 N–H and O–H groups in total. The van der Waals surface area contributed by atoms with Gasteiger partial charge in [0.2, 0.25) is 0 Å².